The fourth-order valence-electron chi connectivity index (χ4n) is 1.87. The van der Waals surface area contributed by atoms with Crippen LogP contribution < -0.4 is 10.6 Å². The molecule has 0 aliphatic rings. The van der Waals surface area contributed by atoms with E-state index in [0.29, 0.717) is 16.9 Å². The minimum atomic E-state index is -0.465. The van der Waals surface area contributed by atoms with E-state index in [-0.39, 0.29) is 6.42 Å². The predicted octanol–water partition coefficient (Wildman–Crippen LogP) is 2.83. The third-order valence-corrected chi connectivity index (χ3v) is 2.98. The van der Waals surface area contributed by atoms with Gasteiger partial charge in [-0.15, -0.1) is 0 Å². The molecule has 5 nitrogen and oxygen atoms in total. The smallest absolute Gasteiger partial charge is 0.233 e. The SMILES string of the molecule is Cc1ccc(NC(=O)CC(=O)Nc2ccccc2C#N)cc1. The van der Waals surface area contributed by atoms with E-state index in [0.717, 1.165) is 5.56 Å². The van der Waals surface area contributed by atoms with Crippen LogP contribution in [0.15, 0.2) is 48.5 Å². The van der Waals surface area contributed by atoms with E-state index in [4.69, 9.17) is 5.26 Å². The number of carbonyl (C=O) groups is 2. The minimum absolute atomic E-state index is 0.312. The third kappa shape index (κ3) is 4.18. The van der Waals surface area contributed by atoms with E-state index in [1.807, 2.05) is 25.1 Å². The Morgan fingerprint density at radius 2 is 1.64 bits per heavy atom. The number of carbonyl (C=O) groups excluding carboxylic acids is 2. The highest BCUT2D eigenvalue weighted by Crippen LogP contribution is 2.14. The Hall–Kier alpha value is -3.13. The molecule has 0 aliphatic carbocycles. The third-order valence-electron chi connectivity index (χ3n) is 2.98. The molecular weight excluding hydrogens is 278 g/mol. The molecule has 2 rings (SSSR count). The molecule has 22 heavy (non-hydrogen) atoms. The molecule has 0 aromatic heterocycles. The number of hydrogen-bond acceptors (Lipinski definition) is 3. The zero-order valence-corrected chi connectivity index (χ0v) is 12.1. The number of hydrogen-bond donors (Lipinski definition) is 2. The monoisotopic (exact) mass is 293 g/mol. The van der Waals surface area contributed by atoms with Crippen LogP contribution >= 0.6 is 0 Å². The molecule has 0 atom stereocenters. The van der Waals surface area contributed by atoms with Crippen molar-refractivity contribution >= 4 is 23.2 Å². The van der Waals surface area contributed by atoms with E-state index < -0.39 is 11.8 Å². The Morgan fingerprint density at radius 3 is 2.32 bits per heavy atom. The van der Waals surface area contributed by atoms with Crippen LogP contribution in [0.5, 0.6) is 0 Å². The van der Waals surface area contributed by atoms with Crippen LogP contribution in [0, 0.1) is 18.3 Å². The van der Waals surface area contributed by atoms with Crippen molar-refractivity contribution in [3.05, 3.63) is 59.7 Å². The highest BCUT2D eigenvalue weighted by atomic mass is 16.2. The molecule has 0 bridgehead atoms. The highest BCUT2D eigenvalue weighted by molar-refractivity contribution is 6.08. The number of rotatable bonds is 4. The second kappa shape index (κ2) is 7.04. The summed E-state index contributed by atoms with van der Waals surface area (Å²) in [6.07, 6.45) is -0.312. The maximum atomic E-state index is 11.9. The van der Waals surface area contributed by atoms with E-state index >= 15 is 0 Å². The molecule has 0 aliphatic heterocycles. The molecule has 0 radical (unpaired) electrons. The topological polar surface area (TPSA) is 82.0 Å². The van der Waals surface area contributed by atoms with Gasteiger partial charge in [0.15, 0.2) is 0 Å². The van der Waals surface area contributed by atoms with E-state index in [2.05, 4.69) is 10.6 Å². The van der Waals surface area contributed by atoms with Gasteiger partial charge < -0.3 is 10.6 Å². The van der Waals surface area contributed by atoms with E-state index in [9.17, 15) is 9.59 Å². The molecule has 0 saturated heterocycles. The van der Waals surface area contributed by atoms with Gasteiger partial charge in [-0.25, -0.2) is 0 Å². The van der Waals surface area contributed by atoms with Gasteiger partial charge in [0.2, 0.25) is 11.8 Å². The molecule has 110 valence electrons. The zero-order chi connectivity index (χ0) is 15.9. The van der Waals surface area contributed by atoms with Gasteiger partial charge in [-0.3, -0.25) is 9.59 Å². The largest absolute Gasteiger partial charge is 0.326 e. The summed E-state index contributed by atoms with van der Waals surface area (Å²) >= 11 is 0. The first kappa shape index (κ1) is 15.3. The summed E-state index contributed by atoms with van der Waals surface area (Å²) in [5.74, 6) is -0.872. The van der Waals surface area contributed by atoms with Crippen molar-refractivity contribution in [2.75, 3.05) is 10.6 Å². The van der Waals surface area contributed by atoms with Crippen LogP contribution in [0.1, 0.15) is 17.5 Å². The molecular formula is C17H15N3O2. The van der Waals surface area contributed by atoms with Crippen LogP contribution in [-0.4, -0.2) is 11.8 Å². The van der Waals surface area contributed by atoms with Gasteiger partial charge in [-0.05, 0) is 31.2 Å². The Morgan fingerprint density at radius 1 is 1.00 bits per heavy atom. The minimum Gasteiger partial charge on any atom is -0.326 e. The molecule has 0 saturated carbocycles. The van der Waals surface area contributed by atoms with Gasteiger partial charge in [-0.1, -0.05) is 29.8 Å². The van der Waals surface area contributed by atoms with Crippen molar-refractivity contribution < 1.29 is 9.59 Å². The average molecular weight is 293 g/mol. The van der Waals surface area contributed by atoms with Crippen molar-refractivity contribution in [3.63, 3.8) is 0 Å². The summed E-state index contributed by atoms with van der Waals surface area (Å²) in [5, 5.41) is 14.2. The highest BCUT2D eigenvalue weighted by Gasteiger charge is 2.11. The quantitative estimate of drug-likeness (QED) is 0.850. The first-order valence-corrected chi connectivity index (χ1v) is 6.74. The summed E-state index contributed by atoms with van der Waals surface area (Å²) < 4.78 is 0. The van der Waals surface area contributed by atoms with E-state index in [1.54, 1.807) is 36.4 Å². The van der Waals surface area contributed by atoms with Gasteiger partial charge in [0.05, 0.1) is 11.3 Å². The van der Waals surface area contributed by atoms with Crippen molar-refractivity contribution in [3.8, 4) is 6.07 Å². The summed E-state index contributed by atoms with van der Waals surface area (Å²) in [6, 6.07) is 15.9. The molecule has 2 N–H and O–H groups in total. The lowest BCUT2D eigenvalue weighted by Gasteiger charge is -2.08. The lowest BCUT2D eigenvalue weighted by molar-refractivity contribution is -0.123. The Balaban J connectivity index is 1.93. The van der Waals surface area contributed by atoms with Crippen LogP contribution in [-0.2, 0) is 9.59 Å². The van der Waals surface area contributed by atoms with Crippen LogP contribution in [0.4, 0.5) is 11.4 Å². The molecule has 0 fully saturated rings. The van der Waals surface area contributed by atoms with Crippen LogP contribution in [0.2, 0.25) is 0 Å². The first-order valence-electron chi connectivity index (χ1n) is 6.74. The zero-order valence-electron chi connectivity index (χ0n) is 12.1. The molecule has 2 aromatic carbocycles. The number of amides is 2. The lowest BCUT2D eigenvalue weighted by Crippen LogP contribution is -2.21. The van der Waals surface area contributed by atoms with Crippen molar-refractivity contribution in [2.24, 2.45) is 0 Å². The summed E-state index contributed by atoms with van der Waals surface area (Å²) in [5.41, 5.74) is 2.48. The van der Waals surface area contributed by atoms with Crippen molar-refractivity contribution in [1.82, 2.24) is 0 Å². The normalized spacial score (nSPS) is 9.64. The Kier molecular flexibility index (Phi) is 4.89. The van der Waals surface area contributed by atoms with E-state index in [1.165, 1.54) is 0 Å². The first-order chi connectivity index (χ1) is 10.6. The fraction of sp³-hybridized carbons (Fsp3) is 0.118. The Bertz CT molecular complexity index is 730. The predicted molar refractivity (Wildman–Crippen MR) is 84.2 cm³/mol. The maximum Gasteiger partial charge on any atom is 0.233 e. The maximum absolute atomic E-state index is 11.9. The van der Waals surface area contributed by atoms with Gasteiger partial charge in [0.25, 0.3) is 0 Å². The second-order valence-electron chi connectivity index (χ2n) is 4.80. The second-order valence-corrected chi connectivity index (χ2v) is 4.80. The number of aryl methyl sites for hydroxylation is 1. The molecule has 0 spiro atoms. The van der Waals surface area contributed by atoms with Gasteiger partial charge >= 0.3 is 0 Å². The lowest BCUT2D eigenvalue weighted by atomic mass is 10.2. The van der Waals surface area contributed by atoms with Crippen LogP contribution in [0.3, 0.4) is 0 Å². The van der Waals surface area contributed by atoms with Crippen LogP contribution in [0.25, 0.3) is 0 Å². The Labute approximate surface area is 128 Å². The standard InChI is InChI=1S/C17H15N3O2/c1-12-6-8-14(9-7-12)19-16(21)10-17(22)20-15-5-3-2-4-13(15)11-18/h2-9H,10H2,1H3,(H,19,21)(H,20,22). The molecule has 2 aromatic rings. The number of nitriles is 1. The van der Waals surface area contributed by atoms with Gasteiger partial charge in [-0.2, -0.15) is 5.26 Å². The van der Waals surface area contributed by atoms with Crippen molar-refractivity contribution in [1.29, 1.82) is 5.26 Å². The average Bonchev–Trinajstić information content (AvgIpc) is 2.50. The molecule has 2 amide bonds. The summed E-state index contributed by atoms with van der Waals surface area (Å²) in [4.78, 5) is 23.7. The van der Waals surface area contributed by atoms with Gasteiger partial charge in [0, 0.05) is 5.69 Å². The summed E-state index contributed by atoms with van der Waals surface area (Å²) in [7, 11) is 0. The molecule has 0 heterocycles. The number of benzene rings is 2. The molecule has 0 unspecified atom stereocenters. The number of nitrogens with zero attached hydrogens (tertiary/aromatic N) is 1. The fourth-order valence-corrected chi connectivity index (χ4v) is 1.87. The number of anilines is 2. The van der Waals surface area contributed by atoms with Gasteiger partial charge in [0.1, 0.15) is 12.5 Å². The number of nitrogens with one attached hydrogen (secondary N) is 2. The summed E-state index contributed by atoms with van der Waals surface area (Å²) in [6.45, 7) is 1.95. The molecule has 5 heteroatoms. The number of para-hydroxylation sites is 1. The van der Waals surface area contributed by atoms with Crippen molar-refractivity contribution in [2.45, 2.75) is 13.3 Å².